The van der Waals surface area contributed by atoms with Gasteiger partial charge in [0.25, 0.3) is 0 Å². The van der Waals surface area contributed by atoms with Crippen molar-refractivity contribution in [1.82, 2.24) is 5.43 Å². The Bertz CT molecular complexity index is 796. The number of methoxy groups -OCH3 is 1. The van der Waals surface area contributed by atoms with Gasteiger partial charge in [-0.25, -0.2) is 5.43 Å². The van der Waals surface area contributed by atoms with Crippen LogP contribution < -0.4 is 14.9 Å². The third kappa shape index (κ3) is 5.68. The second-order valence-electron chi connectivity index (χ2n) is 5.27. The number of nitrogens with zero attached hydrogens (tertiary/aromatic N) is 1. The number of thioether (sulfide) groups is 1. The van der Waals surface area contributed by atoms with Crippen molar-refractivity contribution in [2.24, 2.45) is 5.10 Å². The number of rotatable bonds is 8. The Kier molecular flexibility index (Phi) is 7.81. The van der Waals surface area contributed by atoms with E-state index in [0.29, 0.717) is 23.1 Å². The quantitative estimate of drug-likeness (QED) is 0.416. The molecule has 0 atom stereocenters. The first-order valence-corrected chi connectivity index (χ1v) is 9.62. The number of benzene rings is 2. The normalized spacial score (nSPS) is 10.8. The van der Waals surface area contributed by atoms with E-state index >= 15 is 0 Å². The summed E-state index contributed by atoms with van der Waals surface area (Å²) in [6.07, 6.45) is 3.73. The van der Waals surface area contributed by atoms with Crippen molar-refractivity contribution < 1.29 is 14.3 Å². The Hall–Kier alpha value is -2.18. The van der Waals surface area contributed by atoms with E-state index in [2.05, 4.69) is 10.5 Å². The van der Waals surface area contributed by atoms with E-state index in [1.165, 1.54) is 0 Å². The van der Waals surface area contributed by atoms with Crippen molar-refractivity contribution in [3.63, 3.8) is 0 Å². The van der Waals surface area contributed by atoms with E-state index in [1.54, 1.807) is 37.2 Å². The van der Waals surface area contributed by atoms with Crippen molar-refractivity contribution in [2.75, 3.05) is 20.0 Å². The van der Waals surface area contributed by atoms with Gasteiger partial charge in [-0.3, -0.25) is 4.79 Å². The summed E-state index contributed by atoms with van der Waals surface area (Å²) in [6.45, 7) is 2.47. The van der Waals surface area contributed by atoms with Gasteiger partial charge in [0, 0.05) is 9.92 Å². The Labute approximate surface area is 162 Å². The smallest absolute Gasteiger partial charge is 0.244 e. The molecule has 2 aromatic carbocycles. The SMILES string of the molecule is CCOc1ccc(/C=N\NC(=O)Cc2cc(Cl)ccc2SC)cc1OC. The highest BCUT2D eigenvalue weighted by Gasteiger charge is 2.08. The molecule has 0 bridgehead atoms. The Morgan fingerprint density at radius 2 is 2.08 bits per heavy atom. The van der Waals surface area contributed by atoms with E-state index in [9.17, 15) is 4.79 Å². The molecule has 0 aliphatic heterocycles. The monoisotopic (exact) mass is 392 g/mol. The van der Waals surface area contributed by atoms with Gasteiger partial charge < -0.3 is 9.47 Å². The number of nitrogens with one attached hydrogen (secondary N) is 1. The van der Waals surface area contributed by atoms with Gasteiger partial charge >= 0.3 is 0 Å². The molecule has 0 aromatic heterocycles. The van der Waals surface area contributed by atoms with Gasteiger partial charge in [-0.05, 0) is 60.7 Å². The highest BCUT2D eigenvalue weighted by molar-refractivity contribution is 7.98. The zero-order valence-corrected chi connectivity index (χ0v) is 16.5. The van der Waals surface area contributed by atoms with E-state index < -0.39 is 0 Å². The zero-order valence-electron chi connectivity index (χ0n) is 14.9. The van der Waals surface area contributed by atoms with Gasteiger partial charge in [0.1, 0.15) is 0 Å². The molecule has 26 heavy (non-hydrogen) atoms. The molecule has 0 saturated heterocycles. The summed E-state index contributed by atoms with van der Waals surface area (Å²) in [7, 11) is 1.58. The van der Waals surface area contributed by atoms with Gasteiger partial charge in [0.2, 0.25) is 5.91 Å². The number of hydrogen-bond donors (Lipinski definition) is 1. The first-order chi connectivity index (χ1) is 12.6. The molecule has 2 aromatic rings. The van der Waals surface area contributed by atoms with Crippen molar-refractivity contribution in [3.05, 3.63) is 52.5 Å². The molecule has 138 valence electrons. The maximum atomic E-state index is 12.1. The molecule has 5 nitrogen and oxygen atoms in total. The number of hydrazone groups is 1. The summed E-state index contributed by atoms with van der Waals surface area (Å²) >= 11 is 7.59. The first kappa shape index (κ1) is 20.1. The molecule has 0 spiro atoms. The number of amides is 1. The van der Waals surface area contributed by atoms with Gasteiger partial charge in [-0.2, -0.15) is 5.10 Å². The molecule has 1 amide bonds. The number of ether oxygens (including phenoxy) is 2. The van der Waals surface area contributed by atoms with Crippen molar-refractivity contribution >= 4 is 35.5 Å². The van der Waals surface area contributed by atoms with Crippen molar-refractivity contribution in [3.8, 4) is 11.5 Å². The highest BCUT2D eigenvalue weighted by atomic mass is 35.5. The summed E-state index contributed by atoms with van der Waals surface area (Å²) < 4.78 is 10.8. The minimum absolute atomic E-state index is 0.209. The minimum atomic E-state index is -0.211. The molecule has 1 N–H and O–H groups in total. The second-order valence-corrected chi connectivity index (χ2v) is 6.55. The maximum absolute atomic E-state index is 12.1. The summed E-state index contributed by atoms with van der Waals surface area (Å²) in [5.41, 5.74) is 4.20. The average Bonchev–Trinajstić information content (AvgIpc) is 2.63. The Morgan fingerprint density at radius 1 is 1.27 bits per heavy atom. The van der Waals surface area contributed by atoms with Crippen LogP contribution in [-0.2, 0) is 11.2 Å². The molecule has 0 unspecified atom stereocenters. The van der Waals surface area contributed by atoms with Crippen LogP contribution in [0.1, 0.15) is 18.1 Å². The molecule has 0 saturated carbocycles. The molecule has 7 heteroatoms. The van der Waals surface area contributed by atoms with Crippen LogP contribution in [0.5, 0.6) is 11.5 Å². The molecule has 0 radical (unpaired) electrons. The zero-order chi connectivity index (χ0) is 18.9. The number of carbonyl (C=O) groups is 1. The predicted octanol–water partition coefficient (Wildman–Crippen LogP) is 4.16. The fourth-order valence-electron chi connectivity index (χ4n) is 2.32. The van der Waals surface area contributed by atoms with Gasteiger partial charge in [0.15, 0.2) is 11.5 Å². The lowest BCUT2D eigenvalue weighted by Crippen LogP contribution is -2.20. The minimum Gasteiger partial charge on any atom is -0.493 e. The predicted molar refractivity (Wildman–Crippen MR) is 107 cm³/mol. The van der Waals surface area contributed by atoms with E-state index in [1.807, 2.05) is 37.4 Å². The lowest BCUT2D eigenvalue weighted by molar-refractivity contribution is -0.120. The van der Waals surface area contributed by atoms with Crippen LogP contribution in [0.2, 0.25) is 5.02 Å². The molecule has 0 heterocycles. The largest absolute Gasteiger partial charge is 0.493 e. The van der Waals surface area contributed by atoms with Crippen LogP contribution in [0.4, 0.5) is 0 Å². The molecule has 0 aliphatic rings. The Balaban J connectivity index is 2.00. The topological polar surface area (TPSA) is 59.9 Å². The first-order valence-electron chi connectivity index (χ1n) is 8.02. The van der Waals surface area contributed by atoms with Crippen LogP contribution in [-0.4, -0.2) is 32.1 Å². The summed E-state index contributed by atoms with van der Waals surface area (Å²) in [5.74, 6) is 1.07. The number of carbonyl (C=O) groups excluding carboxylic acids is 1. The number of hydrogen-bond acceptors (Lipinski definition) is 5. The van der Waals surface area contributed by atoms with E-state index in [4.69, 9.17) is 21.1 Å². The standard InChI is InChI=1S/C19H21ClN2O3S/c1-4-25-16-7-5-13(9-17(16)24-2)12-21-22-19(23)11-14-10-15(20)6-8-18(14)26-3/h5-10,12H,4,11H2,1-3H3,(H,22,23)/b21-12-. The average molecular weight is 393 g/mol. The van der Waals surface area contributed by atoms with Gasteiger partial charge in [-0.1, -0.05) is 11.6 Å². The molecule has 0 aliphatic carbocycles. The third-order valence-electron chi connectivity index (χ3n) is 3.48. The maximum Gasteiger partial charge on any atom is 0.244 e. The fourth-order valence-corrected chi connectivity index (χ4v) is 3.11. The third-order valence-corrected chi connectivity index (χ3v) is 4.56. The van der Waals surface area contributed by atoms with E-state index in [-0.39, 0.29) is 12.3 Å². The van der Waals surface area contributed by atoms with Crippen LogP contribution in [0.3, 0.4) is 0 Å². The summed E-state index contributed by atoms with van der Waals surface area (Å²) in [6, 6.07) is 11.0. The van der Waals surface area contributed by atoms with Crippen LogP contribution in [0, 0.1) is 0 Å². The lowest BCUT2D eigenvalue weighted by atomic mass is 10.1. The molecular weight excluding hydrogens is 372 g/mol. The van der Waals surface area contributed by atoms with Gasteiger partial charge in [0.05, 0.1) is 26.4 Å². The van der Waals surface area contributed by atoms with Crippen LogP contribution in [0.15, 0.2) is 46.4 Å². The van der Waals surface area contributed by atoms with Crippen molar-refractivity contribution in [1.29, 1.82) is 0 Å². The number of halogens is 1. The Morgan fingerprint density at radius 3 is 2.77 bits per heavy atom. The van der Waals surface area contributed by atoms with Crippen LogP contribution in [0.25, 0.3) is 0 Å². The second kappa shape index (κ2) is 10.1. The van der Waals surface area contributed by atoms with Crippen molar-refractivity contribution in [2.45, 2.75) is 18.2 Å². The fraction of sp³-hybridized carbons (Fsp3) is 0.263. The van der Waals surface area contributed by atoms with Gasteiger partial charge in [-0.15, -0.1) is 11.8 Å². The molecular formula is C19H21ClN2O3S. The highest BCUT2D eigenvalue weighted by Crippen LogP contribution is 2.27. The van der Waals surface area contributed by atoms with Crippen LogP contribution >= 0.6 is 23.4 Å². The molecule has 0 fully saturated rings. The van der Waals surface area contributed by atoms with E-state index in [0.717, 1.165) is 16.0 Å². The summed E-state index contributed by atoms with van der Waals surface area (Å²) in [4.78, 5) is 13.1. The molecule has 2 rings (SSSR count). The summed E-state index contributed by atoms with van der Waals surface area (Å²) in [5, 5.41) is 4.61. The lowest BCUT2D eigenvalue weighted by Gasteiger charge is -2.09.